The number of alkyl halides is 2. The molecule has 0 fully saturated rings. The molecule has 0 saturated carbocycles. The van der Waals surface area contributed by atoms with Crippen molar-refractivity contribution >= 4 is 28.4 Å². The zero-order valence-electron chi connectivity index (χ0n) is 23.9. The van der Waals surface area contributed by atoms with Gasteiger partial charge in [0.25, 0.3) is 12.3 Å². The summed E-state index contributed by atoms with van der Waals surface area (Å²) < 4.78 is 27.8. The van der Waals surface area contributed by atoms with Crippen LogP contribution in [-0.4, -0.2) is 64.7 Å². The first-order valence-electron chi connectivity index (χ1n) is 14.1. The van der Waals surface area contributed by atoms with Gasteiger partial charge >= 0.3 is 0 Å². The van der Waals surface area contributed by atoms with Gasteiger partial charge in [0.05, 0.1) is 18.6 Å². The van der Waals surface area contributed by atoms with Crippen LogP contribution in [-0.2, 0) is 35.6 Å². The summed E-state index contributed by atoms with van der Waals surface area (Å²) in [6.07, 6.45) is 1.03. The van der Waals surface area contributed by atoms with Crippen LogP contribution in [0.3, 0.4) is 0 Å². The van der Waals surface area contributed by atoms with Crippen molar-refractivity contribution in [1.29, 1.82) is 0 Å². The summed E-state index contributed by atoms with van der Waals surface area (Å²) in [7, 11) is 1.76. The molecule has 2 heterocycles. The van der Waals surface area contributed by atoms with E-state index in [1.165, 1.54) is 15.8 Å². The molecule has 0 radical (unpaired) electrons. The third-order valence-electron chi connectivity index (χ3n) is 7.52. The molecule has 1 aromatic heterocycles. The minimum absolute atomic E-state index is 0. The van der Waals surface area contributed by atoms with Gasteiger partial charge in [-0.15, -0.1) is 0 Å². The summed E-state index contributed by atoms with van der Waals surface area (Å²) in [6.45, 7) is 7.31. The summed E-state index contributed by atoms with van der Waals surface area (Å²) in [4.78, 5) is 28.3. The molecule has 0 bridgehead atoms. The molecular formula is C31H44F2N6O2. The number of nitrogens with zero attached hydrogens (tertiary/aromatic N) is 5. The number of nitrogens with one attached hydrogen (secondary N) is 1. The van der Waals surface area contributed by atoms with E-state index in [2.05, 4.69) is 29.5 Å². The maximum absolute atomic E-state index is 13.6. The number of hydrazine groups is 1. The highest BCUT2D eigenvalue weighted by atomic mass is 19.3. The molecule has 2 amide bonds. The van der Waals surface area contributed by atoms with E-state index in [4.69, 9.17) is 0 Å². The van der Waals surface area contributed by atoms with Crippen LogP contribution in [0.4, 0.5) is 14.5 Å². The van der Waals surface area contributed by atoms with Crippen LogP contribution < -0.4 is 10.2 Å². The zero-order valence-corrected chi connectivity index (χ0v) is 23.9. The minimum atomic E-state index is -2.52. The number of likely N-dealkylation sites (N-methyl/N-ethyl adjacent to an activating group) is 1. The second-order valence-corrected chi connectivity index (χ2v) is 10.5. The quantitative estimate of drug-likeness (QED) is 0.282. The van der Waals surface area contributed by atoms with Crippen molar-refractivity contribution in [3.63, 3.8) is 0 Å². The van der Waals surface area contributed by atoms with Crippen molar-refractivity contribution in [3.05, 3.63) is 58.8 Å². The normalized spacial score (nSPS) is 12.9. The molecular weight excluding hydrogens is 526 g/mol. The van der Waals surface area contributed by atoms with Crippen molar-refractivity contribution in [3.8, 4) is 0 Å². The van der Waals surface area contributed by atoms with Gasteiger partial charge in [0, 0.05) is 43.4 Å². The maximum atomic E-state index is 13.6. The molecule has 10 heteroatoms. The summed E-state index contributed by atoms with van der Waals surface area (Å²) in [5.74, 6) is -0.319. The Morgan fingerprint density at radius 3 is 2.37 bits per heavy atom. The van der Waals surface area contributed by atoms with E-state index in [0.717, 1.165) is 35.9 Å². The van der Waals surface area contributed by atoms with Gasteiger partial charge in [-0.1, -0.05) is 58.4 Å². The maximum Gasteiger partial charge on any atom is 0.257 e. The smallest absolute Gasteiger partial charge is 0.257 e. The standard InChI is InChI=1S/C30H40F2N6O2.CH4/c1-5-7-10-13-33-29(39)19-36(20-30(40)35(4)37-16-22-11-8-9-12-23(22)17-37)27-15-25-24(14-21(27)3)26(6-2)38(34-25)18-28(31)32;/h8-9,11-12,14-15,28H,5-7,10,13,16-20H2,1-4H3,(H,33,39);1H4. The molecule has 0 spiro atoms. The number of carbonyl (C=O) groups is 2. The van der Waals surface area contributed by atoms with Gasteiger partial charge in [0.1, 0.15) is 6.54 Å². The van der Waals surface area contributed by atoms with E-state index in [-0.39, 0.29) is 32.3 Å². The highest BCUT2D eigenvalue weighted by Crippen LogP contribution is 2.30. The first kappa shape index (κ1) is 32.0. The van der Waals surface area contributed by atoms with E-state index in [0.29, 0.717) is 37.3 Å². The number of carbonyl (C=O) groups excluding carboxylic acids is 2. The van der Waals surface area contributed by atoms with Crippen LogP contribution in [0, 0.1) is 6.92 Å². The Balaban J connectivity index is 0.00000462. The van der Waals surface area contributed by atoms with E-state index < -0.39 is 13.0 Å². The van der Waals surface area contributed by atoms with E-state index in [9.17, 15) is 18.4 Å². The van der Waals surface area contributed by atoms with Gasteiger partial charge in [-0.25, -0.2) is 13.8 Å². The van der Waals surface area contributed by atoms with Crippen molar-refractivity contribution in [2.75, 3.05) is 31.6 Å². The fourth-order valence-electron chi connectivity index (χ4n) is 5.33. The van der Waals surface area contributed by atoms with E-state index >= 15 is 0 Å². The number of hydrogen-bond donors (Lipinski definition) is 1. The number of fused-ring (bicyclic) bond motifs is 2. The van der Waals surface area contributed by atoms with Crippen LogP contribution >= 0.6 is 0 Å². The molecule has 224 valence electrons. The summed E-state index contributed by atoms with van der Waals surface area (Å²) in [5, 5.41) is 11.9. The van der Waals surface area contributed by atoms with Crippen molar-refractivity contribution in [2.24, 2.45) is 0 Å². The number of amides is 2. The Morgan fingerprint density at radius 2 is 1.76 bits per heavy atom. The van der Waals surface area contributed by atoms with Crippen LogP contribution in [0.15, 0.2) is 36.4 Å². The van der Waals surface area contributed by atoms with Crippen LogP contribution in [0.2, 0.25) is 0 Å². The summed E-state index contributed by atoms with van der Waals surface area (Å²) >= 11 is 0. The Labute approximate surface area is 242 Å². The first-order valence-corrected chi connectivity index (χ1v) is 14.1. The highest BCUT2D eigenvalue weighted by molar-refractivity contribution is 5.91. The molecule has 1 aliphatic rings. The predicted octanol–water partition coefficient (Wildman–Crippen LogP) is 5.31. The fourth-order valence-corrected chi connectivity index (χ4v) is 5.33. The number of anilines is 1. The molecule has 1 N–H and O–H groups in total. The summed E-state index contributed by atoms with van der Waals surface area (Å²) in [6, 6.07) is 11.9. The second-order valence-electron chi connectivity index (χ2n) is 10.5. The summed E-state index contributed by atoms with van der Waals surface area (Å²) in [5.41, 5.74) is 5.24. The Hall–Kier alpha value is -3.53. The second kappa shape index (κ2) is 14.4. The molecule has 8 nitrogen and oxygen atoms in total. The van der Waals surface area contributed by atoms with Crippen molar-refractivity contribution in [2.45, 2.75) is 79.9 Å². The van der Waals surface area contributed by atoms with Crippen LogP contribution in [0.5, 0.6) is 0 Å². The molecule has 0 unspecified atom stereocenters. The lowest BCUT2D eigenvalue weighted by Gasteiger charge is -2.32. The average Bonchev–Trinajstić information content (AvgIpc) is 3.50. The largest absolute Gasteiger partial charge is 0.355 e. The Kier molecular flexibility index (Phi) is 11.2. The van der Waals surface area contributed by atoms with Crippen LogP contribution in [0.1, 0.15) is 62.9 Å². The minimum Gasteiger partial charge on any atom is -0.355 e. The fraction of sp³-hybridized carbons (Fsp3) is 0.516. The van der Waals surface area contributed by atoms with Gasteiger partial charge in [0.15, 0.2) is 0 Å². The topological polar surface area (TPSA) is 73.7 Å². The monoisotopic (exact) mass is 570 g/mol. The number of unbranched alkanes of at least 4 members (excludes halogenated alkanes) is 2. The van der Waals surface area contributed by atoms with Crippen molar-refractivity contribution in [1.82, 2.24) is 25.1 Å². The molecule has 41 heavy (non-hydrogen) atoms. The predicted molar refractivity (Wildman–Crippen MR) is 160 cm³/mol. The van der Waals surface area contributed by atoms with Gasteiger partial charge in [-0.05, 0) is 48.6 Å². The third-order valence-corrected chi connectivity index (χ3v) is 7.52. The number of hydrogen-bond acceptors (Lipinski definition) is 5. The van der Waals surface area contributed by atoms with E-state index in [1.54, 1.807) is 17.0 Å². The number of halogens is 2. The number of rotatable bonds is 13. The number of aryl methyl sites for hydroxylation is 2. The molecule has 0 atom stereocenters. The Bertz CT molecular complexity index is 1320. The van der Waals surface area contributed by atoms with Gasteiger partial charge < -0.3 is 10.2 Å². The lowest BCUT2D eigenvalue weighted by atomic mass is 10.1. The highest BCUT2D eigenvalue weighted by Gasteiger charge is 2.27. The van der Waals surface area contributed by atoms with Gasteiger partial charge in [-0.3, -0.25) is 19.3 Å². The van der Waals surface area contributed by atoms with E-state index in [1.807, 2.05) is 43.1 Å². The van der Waals surface area contributed by atoms with Gasteiger partial charge in [-0.2, -0.15) is 5.10 Å². The van der Waals surface area contributed by atoms with Crippen LogP contribution in [0.25, 0.3) is 10.9 Å². The first-order chi connectivity index (χ1) is 19.2. The molecule has 1 aliphatic heterocycles. The zero-order chi connectivity index (χ0) is 28.8. The average molecular weight is 571 g/mol. The number of benzene rings is 2. The SMILES string of the molecule is C.CCCCCNC(=O)CN(CC(=O)N(C)N1Cc2ccccc2C1)c1cc2nn(CC(F)F)c(CC)c2cc1C. The number of aromatic nitrogens is 2. The lowest BCUT2D eigenvalue weighted by Crippen LogP contribution is -2.48. The molecule has 0 saturated heterocycles. The Morgan fingerprint density at radius 1 is 1.07 bits per heavy atom. The lowest BCUT2D eigenvalue weighted by molar-refractivity contribution is -0.145. The molecule has 0 aliphatic carbocycles. The van der Waals surface area contributed by atoms with Gasteiger partial charge in [0.2, 0.25) is 5.91 Å². The molecule has 4 rings (SSSR count). The molecule has 3 aromatic rings. The molecule has 2 aromatic carbocycles. The van der Waals surface area contributed by atoms with Crippen molar-refractivity contribution < 1.29 is 18.4 Å². The third kappa shape index (κ3) is 7.61.